The number of aromatic hydroxyl groups is 1. The number of hydrogen-bond donors (Lipinski definition) is 3. The molecule has 5 heteroatoms. The van der Waals surface area contributed by atoms with Gasteiger partial charge in [-0.05, 0) is 12.1 Å². The smallest absolute Gasteiger partial charge is 0.303 e. The van der Waals surface area contributed by atoms with E-state index in [4.69, 9.17) is 15.9 Å². The van der Waals surface area contributed by atoms with Crippen LogP contribution in [0, 0.1) is 0 Å². The Hall–Kier alpha value is -2.04. The second-order valence-electron chi connectivity index (χ2n) is 3.09. The summed E-state index contributed by atoms with van der Waals surface area (Å²) < 4.78 is 0. The minimum Gasteiger partial charge on any atom is -0.508 e. The lowest BCUT2D eigenvalue weighted by molar-refractivity contribution is -0.136. The van der Waals surface area contributed by atoms with Gasteiger partial charge in [0, 0.05) is 23.7 Å². The van der Waals surface area contributed by atoms with E-state index in [2.05, 4.69) is 0 Å². The highest BCUT2D eigenvalue weighted by molar-refractivity contribution is 6.01. The number of phenols is 1. The second-order valence-corrected chi connectivity index (χ2v) is 3.09. The first-order valence-electron chi connectivity index (χ1n) is 4.34. The van der Waals surface area contributed by atoms with Crippen LogP contribution in [0.1, 0.15) is 23.2 Å². The Balaban J connectivity index is 2.78. The molecule has 0 aromatic heterocycles. The van der Waals surface area contributed by atoms with Crippen LogP contribution in [0.25, 0.3) is 0 Å². The Morgan fingerprint density at radius 1 is 1.27 bits per heavy atom. The minimum absolute atomic E-state index is 0.0257. The number of ketones is 1. The summed E-state index contributed by atoms with van der Waals surface area (Å²) >= 11 is 0. The molecule has 0 heterocycles. The topological polar surface area (TPSA) is 101 Å². The van der Waals surface area contributed by atoms with Gasteiger partial charge < -0.3 is 15.9 Å². The SMILES string of the molecule is Nc1cc(O)ccc1C(=O)CCC(=O)O. The van der Waals surface area contributed by atoms with Crippen molar-refractivity contribution in [3.8, 4) is 5.75 Å². The molecule has 0 atom stereocenters. The number of carboxylic acid groups (broad SMARTS) is 1. The summed E-state index contributed by atoms with van der Waals surface area (Å²) in [6.07, 6.45) is -0.316. The van der Waals surface area contributed by atoms with E-state index < -0.39 is 5.97 Å². The fourth-order valence-electron chi connectivity index (χ4n) is 1.16. The quantitative estimate of drug-likeness (QED) is 0.507. The molecule has 1 aromatic carbocycles. The molecule has 0 radical (unpaired) electrons. The molecule has 1 rings (SSSR count). The Bertz CT molecular complexity index is 400. The molecule has 0 aliphatic carbocycles. The van der Waals surface area contributed by atoms with Gasteiger partial charge in [-0.25, -0.2) is 0 Å². The van der Waals surface area contributed by atoms with E-state index in [1.54, 1.807) is 0 Å². The van der Waals surface area contributed by atoms with E-state index in [9.17, 15) is 9.59 Å². The summed E-state index contributed by atoms with van der Waals surface area (Å²) in [6, 6.07) is 3.98. The molecule has 0 fully saturated rings. The molecule has 5 nitrogen and oxygen atoms in total. The van der Waals surface area contributed by atoms with Gasteiger partial charge in [0.25, 0.3) is 0 Å². The van der Waals surface area contributed by atoms with Gasteiger partial charge in [-0.3, -0.25) is 9.59 Å². The first-order valence-corrected chi connectivity index (χ1v) is 4.34. The molecule has 0 unspecified atom stereocenters. The molecular formula is C10H11NO4. The Labute approximate surface area is 86.1 Å². The van der Waals surface area contributed by atoms with Gasteiger partial charge in [0.05, 0.1) is 6.42 Å². The fraction of sp³-hybridized carbons (Fsp3) is 0.200. The number of hydrogen-bond acceptors (Lipinski definition) is 4. The third-order valence-corrected chi connectivity index (χ3v) is 1.90. The number of anilines is 1. The van der Waals surface area contributed by atoms with Crippen molar-refractivity contribution in [2.24, 2.45) is 0 Å². The number of nitrogen functional groups attached to an aromatic ring is 1. The summed E-state index contributed by atoms with van der Waals surface area (Å²) in [5.74, 6) is -1.39. The summed E-state index contributed by atoms with van der Waals surface area (Å²) in [5, 5.41) is 17.5. The summed E-state index contributed by atoms with van der Waals surface area (Å²) in [4.78, 5) is 21.7. The Morgan fingerprint density at radius 2 is 1.93 bits per heavy atom. The molecule has 80 valence electrons. The molecule has 0 saturated heterocycles. The van der Waals surface area contributed by atoms with Crippen LogP contribution in [0.3, 0.4) is 0 Å². The van der Waals surface area contributed by atoms with Crippen LogP contribution in [0.4, 0.5) is 5.69 Å². The third-order valence-electron chi connectivity index (χ3n) is 1.90. The maximum absolute atomic E-state index is 11.5. The number of nitrogens with two attached hydrogens (primary N) is 1. The van der Waals surface area contributed by atoms with Gasteiger partial charge in [0.1, 0.15) is 5.75 Å². The average Bonchev–Trinajstić information content (AvgIpc) is 2.14. The van der Waals surface area contributed by atoms with Crippen LogP contribution in [-0.2, 0) is 4.79 Å². The van der Waals surface area contributed by atoms with Crippen molar-refractivity contribution in [3.05, 3.63) is 23.8 Å². The number of phenolic OH excluding ortho intramolecular Hbond substituents is 1. The molecule has 0 amide bonds. The predicted octanol–water partition coefficient (Wildman–Crippen LogP) is 1.02. The summed E-state index contributed by atoms with van der Waals surface area (Å²) in [7, 11) is 0. The van der Waals surface area contributed by atoms with E-state index in [-0.39, 0.29) is 35.6 Å². The maximum atomic E-state index is 11.5. The van der Waals surface area contributed by atoms with Crippen molar-refractivity contribution in [2.45, 2.75) is 12.8 Å². The molecule has 1 aromatic rings. The zero-order valence-corrected chi connectivity index (χ0v) is 7.93. The van der Waals surface area contributed by atoms with Gasteiger partial charge in [0.2, 0.25) is 0 Å². The van der Waals surface area contributed by atoms with E-state index >= 15 is 0 Å². The van der Waals surface area contributed by atoms with Gasteiger partial charge in [0.15, 0.2) is 5.78 Å². The molecule has 0 aliphatic heterocycles. The van der Waals surface area contributed by atoms with Crippen molar-refractivity contribution in [2.75, 3.05) is 5.73 Å². The lowest BCUT2D eigenvalue weighted by atomic mass is 10.0. The number of benzene rings is 1. The van der Waals surface area contributed by atoms with Gasteiger partial charge in [-0.15, -0.1) is 0 Å². The second kappa shape index (κ2) is 4.45. The molecule has 4 N–H and O–H groups in total. The van der Waals surface area contributed by atoms with Gasteiger partial charge in [-0.1, -0.05) is 0 Å². The molecule has 0 bridgehead atoms. The number of carboxylic acids is 1. The van der Waals surface area contributed by atoms with Crippen LogP contribution in [0.5, 0.6) is 5.75 Å². The minimum atomic E-state index is -1.03. The largest absolute Gasteiger partial charge is 0.508 e. The highest BCUT2D eigenvalue weighted by Gasteiger charge is 2.11. The summed E-state index contributed by atoms with van der Waals surface area (Å²) in [5.41, 5.74) is 5.90. The highest BCUT2D eigenvalue weighted by atomic mass is 16.4. The van der Waals surface area contributed by atoms with Crippen molar-refractivity contribution >= 4 is 17.4 Å². The van der Waals surface area contributed by atoms with Crippen LogP contribution in [0.15, 0.2) is 18.2 Å². The van der Waals surface area contributed by atoms with Crippen molar-refractivity contribution in [3.63, 3.8) is 0 Å². The third kappa shape index (κ3) is 2.98. The summed E-state index contributed by atoms with van der Waals surface area (Å²) in [6.45, 7) is 0. The van der Waals surface area contributed by atoms with Crippen LogP contribution >= 0.6 is 0 Å². The monoisotopic (exact) mass is 209 g/mol. The van der Waals surface area contributed by atoms with E-state index in [0.717, 1.165) is 0 Å². The first-order chi connectivity index (χ1) is 7.00. The molecule has 0 aliphatic rings. The lowest BCUT2D eigenvalue weighted by Gasteiger charge is -2.03. The predicted molar refractivity (Wildman–Crippen MR) is 53.7 cm³/mol. The lowest BCUT2D eigenvalue weighted by Crippen LogP contribution is -2.06. The number of aliphatic carboxylic acids is 1. The van der Waals surface area contributed by atoms with Gasteiger partial charge in [-0.2, -0.15) is 0 Å². The van der Waals surface area contributed by atoms with Crippen LogP contribution in [-0.4, -0.2) is 22.0 Å². The van der Waals surface area contributed by atoms with Gasteiger partial charge >= 0.3 is 5.97 Å². The zero-order valence-electron chi connectivity index (χ0n) is 7.93. The normalized spacial score (nSPS) is 9.87. The molecular weight excluding hydrogens is 198 g/mol. The number of rotatable bonds is 4. The van der Waals surface area contributed by atoms with E-state index in [0.29, 0.717) is 0 Å². The fourth-order valence-corrected chi connectivity index (χ4v) is 1.16. The maximum Gasteiger partial charge on any atom is 0.303 e. The average molecular weight is 209 g/mol. The molecule has 0 spiro atoms. The van der Waals surface area contributed by atoms with E-state index in [1.165, 1.54) is 18.2 Å². The van der Waals surface area contributed by atoms with Crippen molar-refractivity contribution in [1.29, 1.82) is 0 Å². The van der Waals surface area contributed by atoms with Crippen LogP contribution < -0.4 is 5.73 Å². The standard InChI is InChI=1S/C10H11NO4/c11-8-5-6(12)1-2-7(8)9(13)3-4-10(14)15/h1-2,5,12H,3-4,11H2,(H,14,15). The zero-order chi connectivity index (χ0) is 11.4. The number of carbonyl (C=O) groups excluding carboxylic acids is 1. The molecule has 0 saturated carbocycles. The van der Waals surface area contributed by atoms with Crippen molar-refractivity contribution in [1.82, 2.24) is 0 Å². The number of Topliss-reactive ketones (excluding diaryl/α,β-unsaturated/α-hetero) is 1. The van der Waals surface area contributed by atoms with Crippen LogP contribution in [0.2, 0.25) is 0 Å². The first kappa shape index (κ1) is 11.0. The number of carbonyl (C=O) groups is 2. The van der Waals surface area contributed by atoms with E-state index in [1.807, 2.05) is 0 Å². The highest BCUT2D eigenvalue weighted by Crippen LogP contribution is 2.20. The van der Waals surface area contributed by atoms with Crippen molar-refractivity contribution < 1.29 is 19.8 Å². The Kier molecular flexibility index (Phi) is 3.28. The Morgan fingerprint density at radius 3 is 2.47 bits per heavy atom. The molecule has 15 heavy (non-hydrogen) atoms.